The predicted octanol–water partition coefficient (Wildman–Crippen LogP) is 0.550. The number of nitrogens with one attached hydrogen (secondary N) is 1. The first kappa shape index (κ1) is 12.2. The molecule has 0 fully saturated rings. The standard InChI is InChI=1S/C10H14N4O2S/c1-6-7-8(13-10(2,3-15)4-16)11-5-12-9(7)17-14-6/h5,15-16H,3-4H2,1-2H3,(H,11,12,13). The minimum atomic E-state index is -0.810. The van der Waals surface area contributed by atoms with Crippen molar-refractivity contribution in [3.8, 4) is 0 Å². The van der Waals surface area contributed by atoms with Crippen LogP contribution in [0.15, 0.2) is 6.33 Å². The third kappa shape index (κ3) is 2.21. The van der Waals surface area contributed by atoms with Crippen LogP contribution in [0.1, 0.15) is 12.6 Å². The topological polar surface area (TPSA) is 91.2 Å². The largest absolute Gasteiger partial charge is 0.394 e. The summed E-state index contributed by atoms with van der Waals surface area (Å²) < 4.78 is 4.21. The fraction of sp³-hybridized carbons (Fsp3) is 0.500. The number of aromatic nitrogens is 3. The Kier molecular flexibility index (Phi) is 3.23. The molecule has 0 spiro atoms. The molecule has 7 heteroatoms. The molecule has 0 aliphatic rings. The van der Waals surface area contributed by atoms with Crippen molar-refractivity contribution in [2.45, 2.75) is 19.4 Å². The molecular formula is C10H14N4O2S. The molecule has 0 aliphatic carbocycles. The van der Waals surface area contributed by atoms with E-state index in [2.05, 4.69) is 19.7 Å². The van der Waals surface area contributed by atoms with E-state index < -0.39 is 5.54 Å². The monoisotopic (exact) mass is 254 g/mol. The van der Waals surface area contributed by atoms with Gasteiger partial charge >= 0.3 is 0 Å². The molecule has 0 atom stereocenters. The van der Waals surface area contributed by atoms with E-state index in [0.717, 1.165) is 15.9 Å². The second kappa shape index (κ2) is 4.52. The third-order valence-electron chi connectivity index (χ3n) is 2.56. The van der Waals surface area contributed by atoms with Gasteiger partial charge in [0.25, 0.3) is 0 Å². The van der Waals surface area contributed by atoms with Crippen molar-refractivity contribution >= 4 is 27.6 Å². The lowest BCUT2D eigenvalue weighted by Gasteiger charge is -2.26. The van der Waals surface area contributed by atoms with Crippen LogP contribution < -0.4 is 5.32 Å². The number of aliphatic hydroxyl groups is 2. The molecule has 0 aliphatic heterocycles. The Bertz CT molecular complexity index is 524. The molecule has 3 N–H and O–H groups in total. The maximum absolute atomic E-state index is 9.26. The van der Waals surface area contributed by atoms with Crippen molar-refractivity contribution < 1.29 is 10.2 Å². The van der Waals surface area contributed by atoms with Crippen molar-refractivity contribution in [3.05, 3.63) is 12.0 Å². The minimum Gasteiger partial charge on any atom is -0.394 e. The summed E-state index contributed by atoms with van der Waals surface area (Å²) in [7, 11) is 0. The Balaban J connectivity index is 2.45. The zero-order valence-electron chi connectivity index (χ0n) is 9.64. The summed E-state index contributed by atoms with van der Waals surface area (Å²) in [6, 6.07) is 0. The quantitative estimate of drug-likeness (QED) is 0.738. The van der Waals surface area contributed by atoms with Gasteiger partial charge in [0.2, 0.25) is 0 Å². The Morgan fingerprint density at radius 2 is 2.06 bits per heavy atom. The number of aliphatic hydroxyl groups excluding tert-OH is 2. The first-order valence-electron chi connectivity index (χ1n) is 5.16. The van der Waals surface area contributed by atoms with Gasteiger partial charge in [-0.25, -0.2) is 9.97 Å². The summed E-state index contributed by atoms with van der Waals surface area (Å²) in [6.45, 7) is 3.22. The lowest BCUT2D eigenvalue weighted by atomic mass is 10.1. The lowest BCUT2D eigenvalue weighted by Crippen LogP contribution is -2.42. The predicted molar refractivity (Wildman–Crippen MR) is 66.1 cm³/mol. The molecule has 0 bridgehead atoms. The van der Waals surface area contributed by atoms with E-state index in [1.165, 1.54) is 17.9 Å². The molecule has 0 saturated carbocycles. The number of hydrogen-bond donors (Lipinski definition) is 3. The number of nitrogens with zero attached hydrogens (tertiary/aromatic N) is 3. The summed E-state index contributed by atoms with van der Waals surface area (Å²) in [6.07, 6.45) is 1.44. The fourth-order valence-electron chi connectivity index (χ4n) is 1.43. The summed E-state index contributed by atoms with van der Waals surface area (Å²) in [5.74, 6) is 0.590. The van der Waals surface area contributed by atoms with E-state index in [0.29, 0.717) is 5.82 Å². The highest BCUT2D eigenvalue weighted by Gasteiger charge is 2.24. The van der Waals surface area contributed by atoms with Gasteiger partial charge in [0.1, 0.15) is 17.0 Å². The van der Waals surface area contributed by atoms with Gasteiger partial charge < -0.3 is 15.5 Å². The van der Waals surface area contributed by atoms with E-state index in [9.17, 15) is 10.2 Å². The third-order valence-corrected chi connectivity index (χ3v) is 3.41. The van der Waals surface area contributed by atoms with E-state index >= 15 is 0 Å². The number of rotatable bonds is 4. The molecule has 0 radical (unpaired) electrons. The van der Waals surface area contributed by atoms with Gasteiger partial charge in [-0.2, -0.15) is 4.37 Å². The number of aryl methyl sites for hydroxylation is 1. The van der Waals surface area contributed by atoms with Crippen LogP contribution in [0.5, 0.6) is 0 Å². The maximum atomic E-state index is 9.26. The lowest BCUT2D eigenvalue weighted by molar-refractivity contribution is 0.147. The van der Waals surface area contributed by atoms with Crippen molar-refractivity contribution in [1.29, 1.82) is 0 Å². The number of hydrogen-bond acceptors (Lipinski definition) is 7. The van der Waals surface area contributed by atoms with E-state index in [4.69, 9.17) is 0 Å². The van der Waals surface area contributed by atoms with Crippen LogP contribution in [0.4, 0.5) is 5.82 Å². The van der Waals surface area contributed by atoms with Crippen LogP contribution in [0.3, 0.4) is 0 Å². The zero-order chi connectivity index (χ0) is 12.5. The average Bonchev–Trinajstić information content (AvgIpc) is 2.72. The van der Waals surface area contributed by atoms with Crippen molar-refractivity contribution in [3.63, 3.8) is 0 Å². The molecule has 0 amide bonds. The normalized spacial score (nSPS) is 12.0. The van der Waals surface area contributed by atoms with Crippen molar-refractivity contribution in [2.24, 2.45) is 0 Å². The molecule has 0 unspecified atom stereocenters. The van der Waals surface area contributed by atoms with Crippen molar-refractivity contribution in [2.75, 3.05) is 18.5 Å². The molecule has 92 valence electrons. The highest BCUT2D eigenvalue weighted by atomic mass is 32.1. The zero-order valence-corrected chi connectivity index (χ0v) is 10.5. The van der Waals surface area contributed by atoms with Crippen LogP contribution in [0.25, 0.3) is 10.2 Å². The Hall–Kier alpha value is -1.31. The average molecular weight is 254 g/mol. The molecular weight excluding hydrogens is 240 g/mol. The van der Waals surface area contributed by atoms with Crippen molar-refractivity contribution in [1.82, 2.24) is 14.3 Å². The highest BCUT2D eigenvalue weighted by molar-refractivity contribution is 7.13. The molecule has 6 nitrogen and oxygen atoms in total. The summed E-state index contributed by atoms with van der Waals surface area (Å²) in [4.78, 5) is 9.06. The Morgan fingerprint density at radius 1 is 1.35 bits per heavy atom. The molecule has 2 aromatic heterocycles. The Morgan fingerprint density at radius 3 is 2.71 bits per heavy atom. The van der Waals surface area contributed by atoms with E-state index in [-0.39, 0.29) is 13.2 Å². The minimum absolute atomic E-state index is 0.189. The van der Waals surface area contributed by atoms with Crippen LogP contribution in [-0.4, -0.2) is 43.3 Å². The van der Waals surface area contributed by atoms with Crippen LogP contribution in [0.2, 0.25) is 0 Å². The van der Waals surface area contributed by atoms with Crippen LogP contribution in [-0.2, 0) is 0 Å². The smallest absolute Gasteiger partial charge is 0.149 e. The second-order valence-corrected chi connectivity index (χ2v) is 4.92. The van der Waals surface area contributed by atoms with Gasteiger partial charge in [-0.3, -0.25) is 0 Å². The second-order valence-electron chi connectivity index (χ2n) is 4.17. The van der Waals surface area contributed by atoms with E-state index in [1.54, 1.807) is 6.92 Å². The highest BCUT2D eigenvalue weighted by Crippen LogP contribution is 2.27. The SMILES string of the molecule is Cc1nsc2ncnc(NC(C)(CO)CO)c12. The molecule has 2 aromatic rings. The number of anilines is 1. The fourth-order valence-corrected chi connectivity index (χ4v) is 2.18. The Labute approximate surface area is 103 Å². The summed E-state index contributed by atoms with van der Waals surface area (Å²) in [5.41, 5.74) is 0.0293. The summed E-state index contributed by atoms with van der Waals surface area (Å²) >= 11 is 1.30. The first-order valence-corrected chi connectivity index (χ1v) is 5.94. The first-order chi connectivity index (χ1) is 8.09. The molecule has 0 aromatic carbocycles. The summed E-state index contributed by atoms with van der Waals surface area (Å²) in [5, 5.41) is 22.4. The van der Waals surface area contributed by atoms with Gasteiger partial charge in [-0.05, 0) is 25.4 Å². The van der Waals surface area contributed by atoms with E-state index in [1.807, 2.05) is 6.92 Å². The van der Waals surface area contributed by atoms with Crippen LogP contribution >= 0.6 is 11.5 Å². The molecule has 2 heterocycles. The van der Waals surface area contributed by atoms with Gasteiger partial charge in [0, 0.05) is 0 Å². The maximum Gasteiger partial charge on any atom is 0.149 e. The molecule has 17 heavy (non-hydrogen) atoms. The molecule has 2 rings (SSSR count). The van der Waals surface area contributed by atoms with Gasteiger partial charge in [0.15, 0.2) is 0 Å². The van der Waals surface area contributed by atoms with Gasteiger partial charge in [-0.15, -0.1) is 0 Å². The van der Waals surface area contributed by atoms with Crippen LogP contribution in [0, 0.1) is 6.92 Å². The van der Waals surface area contributed by atoms with Gasteiger partial charge in [0.05, 0.1) is 29.8 Å². The molecule has 0 saturated heterocycles. The van der Waals surface area contributed by atoms with Gasteiger partial charge in [-0.1, -0.05) is 0 Å². The number of fused-ring (bicyclic) bond motifs is 1.